The van der Waals surface area contributed by atoms with Crippen molar-refractivity contribution in [1.29, 1.82) is 26.3 Å². The quantitative estimate of drug-likeness (QED) is 0.639. The average Bonchev–Trinajstić information content (AvgIpc) is 2.42. The van der Waals surface area contributed by atoms with Crippen molar-refractivity contribution < 1.29 is 3.02 Å². The number of rotatable bonds is 1. The summed E-state index contributed by atoms with van der Waals surface area (Å²) in [5.74, 6) is 1.86. The van der Waals surface area contributed by atoms with Gasteiger partial charge < -0.3 is 0 Å². The van der Waals surface area contributed by atoms with Crippen molar-refractivity contribution in [2.24, 2.45) is 0 Å². The van der Waals surface area contributed by atoms with Gasteiger partial charge in [0.15, 0.2) is 0 Å². The van der Waals surface area contributed by atoms with Gasteiger partial charge in [0.05, 0.1) is 0 Å². The minimum atomic E-state index is -3.96. The third-order valence-corrected chi connectivity index (χ3v) is 8.40. The van der Waals surface area contributed by atoms with Crippen LogP contribution in [0.3, 0.4) is 0 Å². The molecule has 0 amide bonds. The molecule has 0 aromatic rings. The summed E-state index contributed by atoms with van der Waals surface area (Å²) in [6.45, 7) is -1.11. The van der Waals surface area contributed by atoms with Crippen LogP contribution in [0.1, 0.15) is 0 Å². The number of hydrogen-bond acceptors (Lipinski definition) is 6. The molecule has 8 heteroatoms. The Labute approximate surface area is 120 Å². The summed E-state index contributed by atoms with van der Waals surface area (Å²) in [7, 11) is 0. The number of nitrogens with zero attached hydrogens (tertiary/aromatic N) is 5. The van der Waals surface area contributed by atoms with E-state index in [1.54, 1.807) is 24.3 Å². The minimum absolute atomic E-state index is 0.111. The van der Waals surface area contributed by atoms with E-state index in [4.69, 9.17) is 15.8 Å². The fourth-order valence-corrected chi connectivity index (χ4v) is 7.15. The van der Waals surface area contributed by atoms with Crippen molar-refractivity contribution in [3.63, 3.8) is 0 Å². The molecular formula is C12H7BN5OSb. The average molecular weight is 370 g/mol. The first-order chi connectivity index (χ1) is 9.37. The van der Waals surface area contributed by atoms with E-state index in [9.17, 15) is 13.5 Å². The molecule has 0 fully saturated rings. The summed E-state index contributed by atoms with van der Waals surface area (Å²) in [5, 5.41) is 45.8. The Kier molecular flexibility index (Phi) is 4.48. The first-order valence-corrected chi connectivity index (χ1v) is 13.0. The standard InChI is InChI=1S/C10HBN5.2CH3.O.Sb/c12-2-7-1-11(6-16)10(5-15)9(4-14)8(7)3-13;;;;/h1H;2*1H3;;. The van der Waals surface area contributed by atoms with Gasteiger partial charge in [0.1, 0.15) is 0 Å². The zero-order chi connectivity index (χ0) is 15.5. The Morgan fingerprint density at radius 1 is 0.950 bits per heavy atom. The molecule has 0 aromatic heterocycles. The first-order valence-electron chi connectivity index (χ1n) is 5.40. The fourth-order valence-electron chi connectivity index (χ4n) is 2.18. The van der Waals surface area contributed by atoms with E-state index in [-0.39, 0.29) is 22.2 Å². The van der Waals surface area contributed by atoms with E-state index in [1.165, 1.54) is 9.74 Å². The van der Waals surface area contributed by atoms with Crippen LogP contribution >= 0.6 is 0 Å². The number of allylic oxidation sites excluding steroid dienone is 4. The third-order valence-electron chi connectivity index (χ3n) is 2.98. The molecule has 0 radical (unpaired) electrons. The van der Waals surface area contributed by atoms with Gasteiger partial charge in [-0.1, -0.05) is 0 Å². The van der Waals surface area contributed by atoms with E-state index >= 15 is 0 Å². The summed E-state index contributed by atoms with van der Waals surface area (Å²) in [4.78, 5) is 2.96. The van der Waals surface area contributed by atoms with Crippen LogP contribution in [0.4, 0.5) is 0 Å². The molecule has 1 heterocycles. The van der Waals surface area contributed by atoms with Crippen molar-refractivity contribution in [2.45, 2.75) is 13.5 Å². The van der Waals surface area contributed by atoms with Gasteiger partial charge >= 0.3 is 121 Å². The first kappa shape index (κ1) is 15.7. The second-order valence-corrected chi connectivity index (χ2v) is 14.3. The van der Waals surface area contributed by atoms with Crippen molar-refractivity contribution in [1.82, 2.24) is 0 Å². The van der Waals surface area contributed by atoms with Gasteiger partial charge in [0.2, 0.25) is 0 Å². The van der Waals surface area contributed by atoms with Crippen molar-refractivity contribution in [3.8, 4) is 30.2 Å². The summed E-state index contributed by atoms with van der Waals surface area (Å²) in [6, 6.07) is 6.97. The summed E-state index contributed by atoms with van der Waals surface area (Å²) < 4.78 is 11.5. The molecule has 0 bridgehead atoms. The van der Waals surface area contributed by atoms with Crippen LogP contribution in [0.25, 0.3) is 0 Å². The van der Waals surface area contributed by atoms with E-state index < -0.39 is 29.3 Å². The Morgan fingerprint density at radius 2 is 1.50 bits per heavy atom. The Balaban J connectivity index is 3.90. The van der Waals surface area contributed by atoms with Gasteiger partial charge in [-0.05, 0) is 0 Å². The molecule has 0 saturated carbocycles. The van der Waals surface area contributed by atoms with Crippen LogP contribution < -0.4 is 0 Å². The van der Waals surface area contributed by atoms with Gasteiger partial charge in [-0.3, -0.25) is 0 Å². The molecule has 1 rings (SSSR count). The normalized spacial score (nSPS) is 18.4. The zero-order valence-electron chi connectivity index (χ0n) is 10.7. The van der Waals surface area contributed by atoms with Crippen molar-refractivity contribution in [3.05, 3.63) is 22.2 Å². The molecule has 0 saturated heterocycles. The summed E-state index contributed by atoms with van der Waals surface area (Å²) >= 11 is -3.96. The van der Waals surface area contributed by atoms with Crippen molar-refractivity contribution >= 4 is 25.5 Å². The zero-order valence-corrected chi connectivity index (χ0v) is 13.3. The molecule has 0 N–H and O–H groups in total. The SMILES string of the molecule is [CH3][Sb]([CH3])(=[O])[CH]1B(C#N)C(C#N)=C(C#N)C(C#N)=C1C#N. The second-order valence-electron chi connectivity index (χ2n) is 4.51. The number of nitriles is 5. The van der Waals surface area contributed by atoms with Crippen LogP contribution in [0.2, 0.25) is 13.5 Å². The van der Waals surface area contributed by atoms with E-state index in [0.29, 0.717) is 0 Å². The van der Waals surface area contributed by atoms with Crippen LogP contribution in [-0.4, -0.2) is 25.5 Å². The molecule has 1 unspecified atom stereocenters. The summed E-state index contributed by atoms with van der Waals surface area (Å²) in [6.07, 6.45) is 0. The molecule has 1 atom stereocenters. The molecular weight excluding hydrogens is 363 g/mol. The fraction of sp³-hybridized carbons (Fsp3) is 0.250. The van der Waals surface area contributed by atoms with Gasteiger partial charge in [0.25, 0.3) is 0 Å². The van der Waals surface area contributed by atoms with E-state index in [1.807, 2.05) is 5.97 Å². The molecule has 6 nitrogen and oxygen atoms in total. The maximum absolute atomic E-state index is 12.5. The van der Waals surface area contributed by atoms with Gasteiger partial charge in [-0.15, -0.1) is 0 Å². The summed E-state index contributed by atoms with van der Waals surface area (Å²) in [5.41, 5.74) is -0.779. The topological polar surface area (TPSA) is 136 Å². The van der Waals surface area contributed by atoms with Crippen molar-refractivity contribution in [2.75, 3.05) is 0 Å². The van der Waals surface area contributed by atoms with Gasteiger partial charge in [0, 0.05) is 0 Å². The Bertz CT molecular complexity index is 784. The second kappa shape index (κ2) is 5.72. The third kappa shape index (κ3) is 2.36. The van der Waals surface area contributed by atoms with E-state index in [0.717, 1.165) is 0 Å². The monoisotopic (exact) mass is 369 g/mol. The Morgan fingerprint density at radius 3 is 1.80 bits per heavy atom. The predicted molar refractivity (Wildman–Crippen MR) is 69.8 cm³/mol. The van der Waals surface area contributed by atoms with Crippen LogP contribution in [0, 0.1) is 56.6 Å². The predicted octanol–water partition coefficient (Wildman–Crippen LogP) is 1.33. The molecule has 0 spiro atoms. The molecule has 20 heavy (non-hydrogen) atoms. The van der Waals surface area contributed by atoms with Crippen LogP contribution in [0.15, 0.2) is 22.2 Å². The Hall–Kier alpha value is -2.39. The number of hydrogen-bond donors (Lipinski definition) is 0. The maximum atomic E-state index is 12.5. The molecule has 1 aliphatic rings. The van der Waals surface area contributed by atoms with Gasteiger partial charge in [-0.2, -0.15) is 0 Å². The van der Waals surface area contributed by atoms with Crippen LogP contribution in [0.5, 0.6) is 0 Å². The van der Waals surface area contributed by atoms with Gasteiger partial charge in [-0.25, -0.2) is 0 Å². The molecule has 0 aliphatic carbocycles. The molecule has 0 aromatic carbocycles. The molecule has 94 valence electrons. The molecule has 1 aliphatic heterocycles. The van der Waals surface area contributed by atoms with E-state index in [2.05, 4.69) is 0 Å². The van der Waals surface area contributed by atoms with Crippen LogP contribution in [-0.2, 0) is 3.02 Å².